The van der Waals surface area contributed by atoms with Gasteiger partial charge in [-0.25, -0.2) is 4.39 Å². The Morgan fingerprint density at radius 1 is 0.925 bits per heavy atom. The van der Waals surface area contributed by atoms with Gasteiger partial charge in [-0.2, -0.15) is 0 Å². The summed E-state index contributed by atoms with van der Waals surface area (Å²) >= 11 is 0. The van der Waals surface area contributed by atoms with E-state index in [1.165, 1.54) is 32.4 Å². The zero-order chi connectivity index (χ0) is 28.5. The predicted molar refractivity (Wildman–Crippen MR) is 155 cm³/mol. The lowest BCUT2D eigenvalue weighted by Crippen LogP contribution is -2.30. The van der Waals surface area contributed by atoms with Crippen molar-refractivity contribution in [2.75, 3.05) is 20.8 Å². The van der Waals surface area contributed by atoms with Gasteiger partial charge >= 0.3 is 5.97 Å². The monoisotopic (exact) mass is 548 g/mol. The maximum atomic E-state index is 15.0. The van der Waals surface area contributed by atoms with E-state index in [1.807, 2.05) is 36.4 Å². The van der Waals surface area contributed by atoms with Crippen LogP contribution >= 0.6 is 0 Å². The third-order valence-corrected chi connectivity index (χ3v) is 7.32. The Labute approximate surface area is 237 Å². The molecule has 0 amide bonds. The molecule has 1 saturated carbocycles. The number of benzene rings is 3. The molecule has 214 valence electrons. The number of esters is 1. The molecule has 0 bridgehead atoms. The minimum absolute atomic E-state index is 0.101. The fraction of sp³-hybridized carbons (Fsp3) is 0.441. The molecule has 1 unspecified atom stereocenters. The summed E-state index contributed by atoms with van der Waals surface area (Å²) in [5.74, 6) is 0.787. The van der Waals surface area contributed by atoms with Crippen LogP contribution in [0.3, 0.4) is 0 Å². The smallest absolute Gasteiger partial charge is 0.305 e. The molecule has 2 aliphatic rings. The molecule has 0 spiro atoms. The van der Waals surface area contributed by atoms with Gasteiger partial charge in [-0.1, -0.05) is 57.4 Å². The second-order valence-corrected chi connectivity index (χ2v) is 11.2. The van der Waals surface area contributed by atoms with Crippen molar-refractivity contribution in [3.8, 4) is 22.6 Å². The summed E-state index contributed by atoms with van der Waals surface area (Å²) in [6, 6.07) is 18.5. The molecular formula is C34H41FO5. The summed E-state index contributed by atoms with van der Waals surface area (Å²) in [4.78, 5) is 11.5. The standard InChI is InChI=1S/C31H35FO5.C3H6/c1-31(2)15-6-16-36-30(31)27-18-22(9-12-25(27)26-19-23(34-3)11-13-28(26)32)20-37-24-8-5-7-21(17-24)10-14-29(33)35-4;1-2-3-1/h5,7-9,11-13,17-19,30H,6,10,14-16,20H2,1-4H3;1-3H2. The number of halogens is 1. The van der Waals surface area contributed by atoms with Gasteiger partial charge in [0.25, 0.3) is 0 Å². The zero-order valence-electron chi connectivity index (χ0n) is 24.1. The first-order chi connectivity index (χ1) is 19.3. The number of carbonyl (C=O) groups excluding carboxylic acids is 1. The van der Waals surface area contributed by atoms with Crippen LogP contribution in [0.25, 0.3) is 11.1 Å². The predicted octanol–water partition coefficient (Wildman–Crippen LogP) is 8.23. The average Bonchev–Trinajstić information content (AvgIpc) is 3.85. The van der Waals surface area contributed by atoms with Crippen LogP contribution in [0, 0.1) is 11.2 Å². The Morgan fingerprint density at radius 3 is 2.42 bits per heavy atom. The molecule has 2 fully saturated rings. The number of rotatable bonds is 9. The van der Waals surface area contributed by atoms with E-state index in [0.29, 0.717) is 37.4 Å². The van der Waals surface area contributed by atoms with Crippen molar-refractivity contribution in [1.29, 1.82) is 0 Å². The minimum atomic E-state index is -0.302. The lowest BCUT2D eigenvalue weighted by atomic mass is 9.75. The molecule has 3 aromatic carbocycles. The fourth-order valence-electron chi connectivity index (χ4n) is 4.90. The first-order valence-corrected chi connectivity index (χ1v) is 14.2. The number of carbonyl (C=O) groups is 1. The highest BCUT2D eigenvalue weighted by atomic mass is 19.1. The quantitative estimate of drug-likeness (QED) is 0.252. The summed E-state index contributed by atoms with van der Waals surface area (Å²) in [7, 11) is 2.97. The zero-order valence-corrected chi connectivity index (χ0v) is 24.1. The highest BCUT2D eigenvalue weighted by molar-refractivity contribution is 5.71. The highest BCUT2D eigenvalue weighted by Crippen LogP contribution is 2.47. The van der Waals surface area contributed by atoms with E-state index in [0.717, 1.165) is 40.8 Å². The van der Waals surface area contributed by atoms with Crippen LogP contribution in [0.1, 0.15) is 75.2 Å². The van der Waals surface area contributed by atoms with Crippen molar-refractivity contribution in [3.05, 3.63) is 83.2 Å². The third-order valence-electron chi connectivity index (χ3n) is 7.32. The second-order valence-electron chi connectivity index (χ2n) is 11.2. The summed E-state index contributed by atoms with van der Waals surface area (Å²) in [5, 5.41) is 0. The molecule has 1 atom stereocenters. The largest absolute Gasteiger partial charge is 0.497 e. The van der Waals surface area contributed by atoms with E-state index in [4.69, 9.17) is 18.9 Å². The van der Waals surface area contributed by atoms with Crippen LogP contribution in [0.4, 0.5) is 4.39 Å². The minimum Gasteiger partial charge on any atom is -0.497 e. The summed E-state index contributed by atoms with van der Waals surface area (Å²) in [6.45, 7) is 5.42. The Kier molecular flexibility index (Phi) is 10.2. The summed E-state index contributed by atoms with van der Waals surface area (Å²) in [6.07, 6.45) is 7.26. The molecule has 0 radical (unpaired) electrons. The first kappa shape index (κ1) is 29.6. The van der Waals surface area contributed by atoms with Gasteiger partial charge in [-0.15, -0.1) is 0 Å². The van der Waals surface area contributed by atoms with Gasteiger partial charge in [0.1, 0.15) is 23.9 Å². The van der Waals surface area contributed by atoms with E-state index >= 15 is 4.39 Å². The van der Waals surface area contributed by atoms with Crippen molar-refractivity contribution < 1.29 is 28.1 Å². The normalized spacial score (nSPS) is 17.3. The molecule has 0 aromatic heterocycles. The first-order valence-electron chi connectivity index (χ1n) is 14.2. The Morgan fingerprint density at radius 2 is 1.73 bits per heavy atom. The Balaban J connectivity index is 0.00000115. The van der Waals surface area contributed by atoms with Crippen LogP contribution in [0.15, 0.2) is 60.7 Å². The summed E-state index contributed by atoms with van der Waals surface area (Å²) < 4.78 is 37.5. The molecule has 5 rings (SSSR count). The topological polar surface area (TPSA) is 54.0 Å². The number of hydrogen-bond acceptors (Lipinski definition) is 5. The van der Waals surface area contributed by atoms with Crippen molar-refractivity contribution in [3.63, 3.8) is 0 Å². The van der Waals surface area contributed by atoms with Gasteiger partial charge in [0, 0.05) is 18.6 Å². The van der Waals surface area contributed by atoms with E-state index < -0.39 is 0 Å². The van der Waals surface area contributed by atoms with Crippen molar-refractivity contribution in [1.82, 2.24) is 0 Å². The van der Waals surface area contributed by atoms with Gasteiger partial charge < -0.3 is 18.9 Å². The molecule has 1 heterocycles. The van der Waals surface area contributed by atoms with Crippen LogP contribution in [-0.2, 0) is 27.3 Å². The molecular weight excluding hydrogens is 507 g/mol. The van der Waals surface area contributed by atoms with E-state index in [9.17, 15) is 4.79 Å². The molecule has 40 heavy (non-hydrogen) atoms. The van der Waals surface area contributed by atoms with Gasteiger partial charge in [0.2, 0.25) is 0 Å². The van der Waals surface area contributed by atoms with Crippen LogP contribution in [0.2, 0.25) is 0 Å². The third kappa shape index (κ3) is 8.07. The average molecular weight is 549 g/mol. The highest BCUT2D eigenvalue weighted by Gasteiger charge is 2.36. The number of ether oxygens (including phenoxy) is 4. The van der Waals surface area contributed by atoms with Gasteiger partial charge in [0.15, 0.2) is 0 Å². The molecule has 1 aliphatic carbocycles. The lowest BCUT2D eigenvalue weighted by molar-refractivity contribution is -0.140. The van der Waals surface area contributed by atoms with E-state index in [-0.39, 0.29) is 23.3 Å². The van der Waals surface area contributed by atoms with Crippen LogP contribution < -0.4 is 9.47 Å². The van der Waals surface area contributed by atoms with E-state index in [2.05, 4.69) is 19.9 Å². The molecule has 6 heteroatoms. The SMILES string of the molecule is C1CC1.COC(=O)CCc1cccc(OCc2ccc(-c3cc(OC)ccc3F)c(C3OCCCC3(C)C)c2)c1. The Hall–Kier alpha value is -3.38. The van der Waals surface area contributed by atoms with Gasteiger partial charge in [0.05, 0.1) is 20.3 Å². The summed E-state index contributed by atoms with van der Waals surface area (Å²) in [5.41, 5.74) is 4.10. The Bertz CT molecular complexity index is 1280. The number of hydrogen-bond donors (Lipinski definition) is 0. The maximum Gasteiger partial charge on any atom is 0.305 e. The van der Waals surface area contributed by atoms with Gasteiger partial charge in [-0.05, 0) is 83.3 Å². The molecule has 0 N–H and O–H groups in total. The van der Waals surface area contributed by atoms with Crippen molar-refractivity contribution >= 4 is 5.97 Å². The second kappa shape index (κ2) is 13.8. The van der Waals surface area contributed by atoms with Crippen LogP contribution in [-0.4, -0.2) is 26.8 Å². The molecule has 1 saturated heterocycles. The molecule has 5 nitrogen and oxygen atoms in total. The lowest BCUT2D eigenvalue weighted by Gasteiger charge is -2.39. The van der Waals surface area contributed by atoms with Crippen molar-refractivity contribution in [2.24, 2.45) is 5.41 Å². The number of methoxy groups -OCH3 is 2. The molecule has 1 aliphatic heterocycles. The van der Waals surface area contributed by atoms with Crippen molar-refractivity contribution in [2.45, 2.75) is 71.5 Å². The number of aryl methyl sites for hydroxylation is 1. The maximum absolute atomic E-state index is 15.0. The van der Waals surface area contributed by atoms with E-state index in [1.54, 1.807) is 19.2 Å². The van der Waals surface area contributed by atoms with Gasteiger partial charge in [-0.3, -0.25) is 4.79 Å². The fourth-order valence-corrected chi connectivity index (χ4v) is 4.90. The molecule has 3 aromatic rings. The van der Waals surface area contributed by atoms with Crippen LogP contribution in [0.5, 0.6) is 11.5 Å².